The van der Waals surface area contributed by atoms with Gasteiger partial charge in [-0.2, -0.15) is 0 Å². The van der Waals surface area contributed by atoms with Crippen LogP contribution in [0.3, 0.4) is 0 Å². The van der Waals surface area contributed by atoms with Crippen LogP contribution in [0.15, 0.2) is 0 Å². The number of hydrogen-bond donors (Lipinski definition) is 1. The van der Waals surface area contributed by atoms with E-state index in [0.717, 1.165) is 12.8 Å². The summed E-state index contributed by atoms with van der Waals surface area (Å²) in [5.74, 6) is -0.200. The first-order chi connectivity index (χ1) is 7.54. The molecular weight excluding hydrogens is 210 g/mol. The van der Waals surface area contributed by atoms with Crippen molar-refractivity contribution in [1.29, 1.82) is 0 Å². The zero-order valence-electron chi connectivity index (χ0n) is 10.2. The molecule has 1 fully saturated rings. The van der Waals surface area contributed by atoms with Gasteiger partial charge in [-0.1, -0.05) is 0 Å². The van der Waals surface area contributed by atoms with Gasteiger partial charge in [0.2, 0.25) is 0 Å². The molecule has 2 unspecified atom stereocenters. The van der Waals surface area contributed by atoms with E-state index in [4.69, 9.17) is 19.9 Å². The van der Waals surface area contributed by atoms with Crippen LogP contribution >= 0.6 is 0 Å². The lowest BCUT2D eigenvalue weighted by Gasteiger charge is -2.27. The lowest BCUT2D eigenvalue weighted by Crippen LogP contribution is -2.55. The highest BCUT2D eigenvalue weighted by Gasteiger charge is 2.49. The van der Waals surface area contributed by atoms with Crippen LogP contribution in [-0.2, 0) is 19.0 Å². The maximum atomic E-state index is 11.6. The van der Waals surface area contributed by atoms with E-state index in [1.54, 1.807) is 7.11 Å². The SMILES string of the molecule is COCC(C)OCC(N)(C(=O)OC)C1CC1. The predicted octanol–water partition coefficient (Wildman–Crippen LogP) is 0.318. The fraction of sp³-hybridized carbons (Fsp3) is 0.909. The molecule has 0 bridgehead atoms. The number of carbonyl (C=O) groups is 1. The molecule has 0 amide bonds. The molecule has 94 valence electrons. The first kappa shape index (κ1) is 13.4. The summed E-state index contributed by atoms with van der Waals surface area (Å²) >= 11 is 0. The van der Waals surface area contributed by atoms with Gasteiger partial charge in [-0.15, -0.1) is 0 Å². The number of nitrogens with two attached hydrogens (primary N) is 1. The fourth-order valence-electron chi connectivity index (χ4n) is 1.69. The summed E-state index contributed by atoms with van der Waals surface area (Å²) in [5, 5.41) is 0. The molecule has 0 radical (unpaired) electrons. The molecule has 5 heteroatoms. The normalized spacial score (nSPS) is 21.2. The molecule has 16 heavy (non-hydrogen) atoms. The average molecular weight is 231 g/mol. The van der Waals surface area contributed by atoms with Gasteiger partial charge in [0.25, 0.3) is 0 Å². The summed E-state index contributed by atoms with van der Waals surface area (Å²) in [5.41, 5.74) is 5.07. The van der Waals surface area contributed by atoms with E-state index < -0.39 is 5.54 Å². The van der Waals surface area contributed by atoms with Crippen LogP contribution in [-0.4, -0.2) is 45.0 Å². The molecule has 2 atom stereocenters. The highest BCUT2D eigenvalue weighted by molar-refractivity contribution is 5.81. The molecule has 1 aliphatic carbocycles. The zero-order valence-corrected chi connectivity index (χ0v) is 10.2. The van der Waals surface area contributed by atoms with Crippen LogP contribution in [0.25, 0.3) is 0 Å². The fourth-order valence-corrected chi connectivity index (χ4v) is 1.69. The molecule has 0 saturated heterocycles. The Morgan fingerprint density at radius 3 is 2.56 bits per heavy atom. The second-order valence-corrected chi connectivity index (χ2v) is 4.38. The summed E-state index contributed by atoms with van der Waals surface area (Å²) in [7, 11) is 2.96. The van der Waals surface area contributed by atoms with Crippen molar-refractivity contribution in [2.45, 2.75) is 31.4 Å². The second-order valence-electron chi connectivity index (χ2n) is 4.38. The zero-order chi connectivity index (χ0) is 12.2. The van der Waals surface area contributed by atoms with Gasteiger partial charge >= 0.3 is 5.97 Å². The first-order valence-electron chi connectivity index (χ1n) is 5.52. The molecule has 1 aliphatic rings. The van der Waals surface area contributed by atoms with E-state index in [2.05, 4.69) is 0 Å². The number of esters is 1. The monoisotopic (exact) mass is 231 g/mol. The highest BCUT2D eigenvalue weighted by Crippen LogP contribution is 2.39. The quantitative estimate of drug-likeness (QED) is 0.639. The molecule has 0 spiro atoms. The van der Waals surface area contributed by atoms with E-state index in [1.165, 1.54) is 7.11 Å². The number of hydrogen-bond acceptors (Lipinski definition) is 5. The molecule has 1 saturated carbocycles. The van der Waals surface area contributed by atoms with Crippen molar-refractivity contribution in [3.8, 4) is 0 Å². The standard InChI is InChI=1S/C11H21NO4/c1-8(6-14-2)16-7-11(12,9-4-5-9)10(13)15-3/h8-9H,4-7,12H2,1-3H3. The van der Waals surface area contributed by atoms with Gasteiger partial charge in [-0.25, -0.2) is 4.79 Å². The Kier molecular flexibility index (Phi) is 4.70. The smallest absolute Gasteiger partial charge is 0.328 e. The van der Waals surface area contributed by atoms with Crippen molar-refractivity contribution < 1.29 is 19.0 Å². The van der Waals surface area contributed by atoms with Gasteiger partial charge in [0, 0.05) is 7.11 Å². The van der Waals surface area contributed by atoms with Crippen molar-refractivity contribution >= 4 is 5.97 Å². The van der Waals surface area contributed by atoms with Crippen molar-refractivity contribution in [2.24, 2.45) is 11.7 Å². The highest BCUT2D eigenvalue weighted by atomic mass is 16.5. The van der Waals surface area contributed by atoms with Gasteiger partial charge < -0.3 is 19.9 Å². The van der Waals surface area contributed by atoms with Gasteiger partial charge in [0.15, 0.2) is 0 Å². The van der Waals surface area contributed by atoms with Crippen molar-refractivity contribution in [3.05, 3.63) is 0 Å². The van der Waals surface area contributed by atoms with Gasteiger partial charge in [-0.05, 0) is 25.7 Å². The molecule has 0 aromatic carbocycles. The molecule has 5 nitrogen and oxygen atoms in total. The second kappa shape index (κ2) is 5.61. The minimum atomic E-state index is -0.989. The Morgan fingerprint density at radius 2 is 2.12 bits per heavy atom. The summed E-state index contributed by atoms with van der Waals surface area (Å²) in [6, 6.07) is 0. The van der Waals surface area contributed by atoms with E-state index in [-0.39, 0.29) is 24.6 Å². The van der Waals surface area contributed by atoms with E-state index in [0.29, 0.717) is 6.61 Å². The maximum Gasteiger partial charge on any atom is 0.328 e. The van der Waals surface area contributed by atoms with Crippen molar-refractivity contribution in [1.82, 2.24) is 0 Å². The average Bonchev–Trinajstić information content (AvgIpc) is 3.09. The van der Waals surface area contributed by atoms with Gasteiger partial charge in [0.1, 0.15) is 5.54 Å². The van der Waals surface area contributed by atoms with Gasteiger partial charge in [-0.3, -0.25) is 0 Å². The summed E-state index contributed by atoms with van der Waals surface area (Å²) in [6.45, 7) is 2.56. The molecule has 2 N–H and O–H groups in total. The lowest BCUT2D eigenvalue weighted by atomic mass is 9.96. The van der Waals surface area contributed by atoms with Crippen LogP contribution in [0.2, 0.25) is 0 Å². The summed E-state index contributed by atoms with van der Waals surface area (Å²) < 4.78 is 15.2. The predicted molar refractivity (Wildman–Crippen MR) is 58.9 cm³/mol. The topological polar surface area (TPSA) is 70.8 Å². The van der Waals surface area contributed by atoms with Crippen molar-refractivity contribution in [3.63, 3.8) is 0 Å². The lowest BCUT2D eigenvalue weighted by molar-refractivity contribution is -0.152. The summed E-state index contributed by atoms with van der Waals surface area (Å²) in [6.07, 6.45) is 1.86. The third-order valence-corrected chi connectivity index (χ3v) is 2.88. The van der Waals surface area contributed by atoms with E-state index in [1.807, 2.05) is 6.92 Å². The van der Waals surface area contributed by atoms with Crippen LogP contribution in [0.4, 0.5) is 0 Å². The Balaban J connectivity index is 2.48. The first-order valence-corrected chi connectivity index (χ1v) is 5.52. The largest absolute Gasteiger partial charge is 0.468 e. The molecule has 0 aromatic rings. The van der Waals surface area contributed by atoms with E-state index >= 15 is 0 Å². The summed E-state index contributed by atoms with van der Waals surface area (Å²) in [4.78, 5) is 11.6. The van der Waals surface area contributed by atoms with Crippen LogP contribution in [0, 0.1) is 5.92 Å². The Hall–Kier alpha value is -0.650. The van der Waals surface area contributed by atoms with Crippen molar-refractivity contribution in [2.75, 3.05) is 27.4 Å². The van der Waals surface area contributed by atoms with Crippen LogP contribution in [0.1, 0.15) is 19.8 Å². The van der Waals surface area contributed by atoms with Gasteiger partial charge in [0.05, 0.1) is 26.4 Å². The number of methoxy groups -OCH3 is 2. The minimum absolute atomic E-state index is 0.0728. The Morgan fingerprint density at radius 1 is 1.50 bits per heavy atom. The Labute approximate surface area is 96.2 Å². The molecule has 0 aliphatic heterocycles. The minimum Gasteiger partial charge on any atom is -0.468 e. The molecule has 0 heterocycles. The van der Waals surface area contributed by atoms with E-state index in [9.17, 15) is 4.79 Å². The number of ether oxygens (including phenoxy) is 3. The molecule has 0 aromatic heterocycles. The molecule has 1 rings (SSSR count). The molecular formula is C11H21NO4. The Bertz CT molecular complexity index is 242. The van der Waals surface area contributed by atoms with Crippen LogP contribution in [0.5, 0.6) is 0 Å². The maximum absolute atomic E-state index is 11.6. The third kappa shape index (κ3) is 3.17. The third-order valence-electron chi connectivity index (χ3n) is 2.88. The van der Waals surface area contributed by atoms with Crippen LogP contribution < -0.4 is 5.73 Å². The number of carbonyl (C=O) groups excluding carboxylic acids is 1. The number of rotatable bonds is 7.